The van der Waals surface area contributed by atoms with Crippen molar-refractivity contribution in [2.75, 3.05) is 12.8 Å². The van der Waals surface area contributed by atoms with E-state index >= 15 is 0 Å². The van der Waals surface area contributed by atoms with Gasteiger partial charge in [0.25, 0.3) is 0 Å². The highest BCUT2D eigenvalue weighted by molar-refractivity contribution is 5.98. The van der Waals surface area contributed by atoms with Gasteiger partial charge in [0, 0.05) is 17.4 Å². The second kappa shape index (κ2) is 5.47. The topological polar surface area (TPSA) is 70.1 Å². The number of aromatic nitrogens is 2. The van der Waals surface area contributed by atoms with Crippen LogP contribution < -0.4 is 5.73 Å². The number of esters is 1. The first-order valence-corrected chi connectivity index (χ1v) is 5.87. The summed E-state index contributed by atoms with van der Waals surface area (Å²) in [5.74, 6) is -0.624. The molecule has 0 aliphatic rings. The zero-order valence-electron chi connectivity index (χ0n) is 11.0. The van der Waals surface area contributed by atoms with Crippen LogP contribution in [0.3, 0.4) is 0 Å². The molecular formula is C13H12F3N3O2. The number of carbonyl (C=O) groups is 1. The Kier molecular flexibility index (Phi) is 3.88. The minimum absolute atomic E-state index is 0.170. The number of ether oxygens (including phenoxy) is 1. The second-order valence-corrected chi connectivity index (χ2v) is 4.34. The van der Waals surface area contributed by atoms with Crippen LogP contribution in [-0.4, -0.2) is 29.0 Å². The lowest BCUT2D eigenvalue weighted by atomic mass is 10.0. The standard InChI is InChI=1S/C13H12F3N3O2/c1-21-12(20)11-4-9(17)2-3-10(11)8-5-18-19(6-8)7-13(14,15)16/h2-6H,7,17H2,1H3. The average molecular weight is 299 g/mol. The zero-order chi connectivity index (χ0) is 15.6. The van der Waals surface area contributed by atoms with E-state index in [0.29, 0.717) is 16.8 Å². The first-order chi connectivity index (χ1) is 9.80. The van der Waals surface area contributed by atoms with E-state index in [1.54, 1.807) is 6.07 Å². The Bertz CT molecular complexity index is 665. The summed E-state index contributed by atoms with van der Waals surface area (Å²) in [4.78, 5) is 11.7. The monoisotopic (exact) mass is 299 g/mol. The summed E-state index contributed by atoms with van der Waals surface area (Å²) in [5.41, 5.74) is 6.91. The van der Waals surface area contributed by atoms with E-state index in [4.69, 9.17) is 5.73 Å². The Balaban J connectivity index is 2.40. The molecule has 1 aromatic heterocycles. The van der Waals surface area contributed by atoms with Gasteiger partial charge >= 0.3 is 12.1 Å². The van der Waals surface area contributed by atoms with Crippen LogP contribution in [0.5, 0.6) is 0 Å². The minimum Gasteiger partial charge on any atom is -0.465 e. The van der Waals surface area contributed by atoms with Gasteiger partial charge in [-0.15, -0.1) is 0 Å². The molecule has 1 heterocycles. The van der Waals surface area contributed by atoms with Gasteiger partial charge in [-0.25, -0.2) is 4.79 Å². The number of anilines is 1. The maximum atomic E-state index is 12.3. The van der Waals surface area contributed by atoms with Gasteiger partial charge in [-0.1, -0.05) is 6.07 Å². The number of alkyl halides is 3. The Morgan fingerprint density at radius 2 is 2.14 bits per heavy atom. The molecule has 0 unspecified atom stereocenters. The first kappa shape index (κ1) is 14.9. The summed E-state index contributed by atoms with van der Waals surface area (Å²) in [6.45, 7) is -1.20. The lowest BCUT2D eigenvalue weighted by Crippen LogP contribution is -2.17. The van der Waals surface area contributed by atoms with Crippen molar-refractivity contribution in [3.05, 3.63) is 36.2 Å². The molecule has 0 amide bonds. The number of rotatable bonds is 3. The molecule has 2 aromatic rings. The Morgan fingerprint density at radius 3 is 2.76 bits per heavy atom. The van der Waals surface area contributed by atoms with Gasteiger partial charge < -0.3 is 10.5 Å². The fourth-order valence-corrected chi connectivity index (χ4v) is 1.87. The third kappa shape index (κ3) is 3.53. The molecule has 2 N–H and O–H groups in total. The molecule has 112 valence electrons. The highest BCUT2D eigenvalue weighted by atomic mass is 19.4. The van der Waals surface area contributed by atoms with Gasteiger partial charge in [0.05, 0.1) is 18.9 Å². The van der Waals surface area contributed by atoms with E-state index in [-0.39, 0.29) is 5.56 Å². The largest absolute Gasteiger partial charge is 0.465 e. The Morgan fingerprint density at radius 1 is 1.43 bits per heavy atom. The minimum atomic E-state index is -4.37. The van der Waals surface area contributed by atoms with Crippen molar-refractivity contribution in [1.82, 2.24) is 9.78 Å². The van der Waals surface area contributed by atoms with Crippen LogP contribution in [0, 0.1) is 0 Å². The SMILES string of the molecule is COC(=O)c1cc(N)ccc1-c1cnn(CC(F)(F)F)c1. The molecule has 0 bridgehead atoms. The summed E-state index contributed by atoms with van der Waals surface area (Å²) in [7, 11) is 1.21. The van der Waals surface area contributed by atoms with E-state index in [0.717, 1.165) is 4.68 Å². The van der Waals surface area contributed by atoms with Crippen LogP contribution in [0.15, 0.2) is 30.6 Å². The normalized spacial score (nSPS) is 11.4. The van der Waals surface area contributed by atoms with E-state index < -0.39 is 18.7 Å². The Labute approximate surface area is 118 Å². The first-order valence-electron chi connectivity index (χ1n) is 5.87. The predicted octanol–water partition coefficient (Wildman–Crippen LogP) is 2.48. The molecule has 21 heavy (non-hydrogen) atoms. The molecule has 0 aliphatic carbocycles. The molecular weight excluding hydrogens is 287 g/mol. The summed E-state index contributed by atoms with van der Waals surface area (Å²) in [6.07, 6.45) is -1.90. The fourth-order valence-electron chi connectivity index (χ4n) is 1.87. The number of nitrogen functional groups attached to an aromatic ring is 1. The van der Waals surface area contributed by atoms with Crippen molar-refractivity contribution in [2.24, 2.45) is 0 Å². The van der Waals surface area contributed by atoms with Gasteiger partial charge in [-0.2, -0.15) is 18.3 Å². The van der Waals surface area contributed by atoms with Crippen LogP contribution >= 0.6 is 0 Å². The molecule has 0 atom stereocenters. The van der Waals surface area contributed by atoms with Gasteiger partial charge in [0.15, 0.2) is 0 Å². The maximum Gasteiger partial charge on any atom is 0.408 e. The van der Waals surface area contributed by atoms with Crippen molar-refractivity contribution < 1.29 is 22.7 Å². The number of hydrogen-bond donors (Lipinski definition) is 1. The highest BCUT2D eigenvalue weighted by Gasteiger charge is 2.28. The van der Waals surface area contributed by atoms with E-state index in [2.05, 4.69) is 9.84 Å². The van der Waals surface area contributed by atoms with Gasteiger partial charge in [0.1, 0.15) is 6.54 Å². The molecule has 1 aromatic carbocycles. The quantitative estimate of drug-likeness (QED) is 0.698. The van der Waals surface area contributed by atoms with E-state index in [1.165, 1.54) is 31.6 Å². The summed E-state index contributed by atoms with van der Waals surface area (Å²) in [6, 6.07) is 4.49. The number of benzene rings is 1. The number of nitrogens with zero attached hydrogens (tertiary/aromatic N) is 2. The summed E-state index contributed by atoms with van der Waals surface area (Å²) >= 11 is 0. The molecule has 0 saturated carbocycles. The predicted molar refractivity (Wildman–Crippen MR) is 69.5 cm³/mol. The number of hydrogen-bond acceptors (Lipinski definition) is 4. The molecule has 0 radical (unpaired) electrons. The van der Waals surface area contributed by atoms with Gasteiger partial charge in [0.2, 0.25) is 0 Å². The van der Waals surface area contributed by atoms with Crippen LogP contribution in [-0.2, 0) is 11.3 Å². The average Bonchev–Trinajstić information content (AvgIpc) is 2.83. The van der Waals surface area contributed by atoms with Crippen LogP contribution in [0.25, 0.3) is 11.1 Å². The molecule has 0 fully saturated rings. The molecule has 2 rings (SSSR count). The van der Waals surface area contributed by atoms with Crippen molar-refractivity contribution in [1.29, 1.82) is 0 Å². The third-order valence-corrected chi connectivity index (χ3v) is 2.73. The second-order valence-electron chi connectivity index (χ2n) is 4.34. The number of methoxy groups -OCH3 is 1. The van der Waals surface area contributed by atoms with Gasteiger partial charge in [-0.05, 0) is 17.7 Å². The molecule has 0 aliphatic heterocycles. The number of nitrogens with two attached hydrogens (primary N) is 1. The van der Waals surface area contributed by atoms with Crippen molar-refractivity contribution in [3.8, 4) is 11.1 Å². The van der Waals surface area contributed by atoms with Crippen LogP contribution in [0.2, 0.25) is 0 Å². The van der Waals surface area contributed by atoms with Crippen molar-refractivity contribution in [3.63, 3.8) is 0 Å². The number of halogens is 3. The van der Waals surface area contributed by atoms with E-state index in [1.807, 2.05) is 0 Å². The molecule has 8 heteroatoms. The summed E-state index contributed by atoms with van der Waals surface area (Å²) < 4.78 is 42.3. The third-order valence-electron chi connectivity index (χ3n) is 2.73. The Hall–Kier alpha value is -2.51. The fraction of sp³-hybridized carbons (Fsp3) is 0.231. The van der Waals surface area contributed by atoms with Gasteiger partial charge in [-0.3, -0.25) is 4.68 Å². The van der Waals surface area contributed by atoms with Crippen LogP contribution in [0.1, 0.15) is 10.4 Å². The number of carbonyl (C=O) groups excluding carboxylic acids is 1. The van der Waals surface area contributed by atoms with E-state index in [9.17, 15) is 18.0 Å². The smallest absolute Gasteiger partial charge is 0.408 e. The van der Waals surface area contributed by atoms with Crippen molar-refractivity contribution >= 4 is 11.7 Å². The van der Waals surface area contributed by atoms with Crippen molar-refractivity contribution in [2.45, 2.75) is 12.7 Å². The maximum absolute atomic E-state index is 12.3. The zero-order valence-corrected chi connectivity index (χ0v) is 11.0. The molecule has 5 nitrogen and oxygen atoms in total. The highest BCUT2D eigenvalue weighted by Crippen LogP contribution is 2.27. The summed E-state index contributed by atoms with van der Waals surface area (Å²) in [5, 5.41) is 3.64. The lowest BCUT2D eigenvalue weighted by Gasteiger charge is -2.07. The molecule has 0 spiro atoms. The molecule has 0 saturated heterocycles. The lowest BCUT2D eigenvalue weighted by molar-refractivity contribution is -0.142. The van der Waals surface area contributed by atoms with Crippen LogP contribution in [0.4, 0.5) is 18.9 Å².